The van der Waals surface area contributed by atoms with E-state index in [0.29, 0.717) is 29.5 Å². The first-order chi connectivity index (χ1) is 14.8. The van der Waals surface area contributed by atoms with Crippen molar-refractivity contribution in [1.29, 1.82) is 0 Å². The molecule has 1 aromatic carbocycles. The Morgan fingerprint density at radius 3 is 2.71 bits per heavy atom. The van der Waals surface area contributed by atoms with Crippen molar-refractivity contribution >= 4 is 39.3 Å². The molecule has 2 aromatic rings. The smallest absolute Gasteiger partial charge is 0.341 e. The van der Waals surface area contributed by atoms with E-state index < -0.39 is 28.5 Å². The van der Waals surface area contributed by atoms with Gasteiger partial charge in [0.1, 0.15) is 5.03 Å². The van der Waals surface area contributed by atoms with E-state index in [-0.39, 0.29) is 23.5 Å². The molecule has 1 aliphatic rings. The van der Waals surface area contributed by atoms with Gasteiger partial charge in [0.05, 0.1) is 23.7 Å². The van der Waals surface area contributed by atoms with Crippen LogP contribution >= 0.6 is 11.8 Å². The SMILES string of the molecule is CSc1ncccc1C(=O)OCC(=O)Nc1cc(S(=O)(=O)N2CCOCC2)ccc1C. The number of esters is 1. The number of hydrogen-bond donors (Lipinski definition) is 1. The maximum absolute atomic E-state index is 12.8. The van der Waals surface area contributed by atoms with E-state index in [1.54, 1.807) is 37.6 Å². The summed E-state index contributed by atoms with van der Waals surface area (Å²) >= 11 is 1.30. The van der Waals surface area contributed by atoms with Gasteiger partial charge in [-0.2, -0.15) is 4.31 Å². The zero-order valence-corrected chi connectivity index (χ0v) is 18.8. The molecule has 0 unspecified atom stereocenters. The van der Waals surface area contributed by atoms with Crippen LogP contribution < -0.4 is 5.32 Å². The minimum atomic E-state index is -3.70. The Morgan fingerprint density at radius 2 is 2.00 bits per heavy atom. The first-order valence-corrected chi connectivity index (χ1v) is 12.1. The van der Waals surface area contributed by atoms with Crippen molar-refractivity contribution < 1.29 is 27.5 Å². The number of morpholine rings is 1. The molecule has 0 atom stereocenters. The number of pyridine rings is 1. The van der Waals surface area contributed by atoms with Crippen molar-refractivity contribution in [1.82, 2.24) is 9.29 Å². The highest BCUT2D eigenvalue weighted by atomic mass is 32.2. The quantitative estimate of drug-likeness (QED) is 0.487. The van der Waals surface area contributed by atoms with Gasteiger partial charge in [-0.1, -0.05) is 6.07 Å². The van der Waals surface area contributed by atoms with Crippen LogP contribution in [0, 0.1) is 6.92 Å². The second kappa shape index (κ2) is 10.2. The van der Waals surface area contributed by atoms with Crippen molar-refractivity contribution in [2.45, 2.75) is 16.8 Å². The third kappa shape index (κ3) is 5.62. The summed E-state index contributed by atoms with van der Waals surface area (Å²) in [5.41, 5.74) is 1.29. The predicted octanol–water partition coefficient (Wildman–Crippen LogP) is 1.93. The molecule has 0 aliphatic carbocycles. The first-order valence-electron chi connectivity index (χ1n) is 9.47. The Labute approximate surface area is 185 Å². The van der Waals surface area contributed by atoms with Crippen LogP contribution in [0.2, 0.25) is 0 Å². The molecule has 1 aromatic heterocycles. The Bertz CT molecular complexity index is 1070. The van der Waals surface area contributed by atoms with Crippen LogP contribution in [-0.2, 0) is 24.3 Å². The molecule has 3 rings (SSSR count). The van der Waals surface area contributed by atoms with Crippen LogP contribution in [0.1, 0.15) is 15.9 Å². The first kappa shape index (κ1) is 23.2. The number of nitrogens with zero attached hydrogens (tertiary/aromatic N) is 2. The molecule has 31 heavy (non-hydrogen) atoms. The zero-order valence-electron chi connectivity index (χ0n) is 17.2. The molecule has 0 saturated carbocycles. The van der Waals surface area contributed by atoms with Gasteiger partial charge in [0, 0.05) is 25.0 Å². The fourth-order valence-corrected chi connectivity index (χ4v) is 4.91. The molecule has 0 bridgehead atoms. The molecule has 1 saturated heterocycles. The van der Waals surface area contributed by atoms with Gasteiger partial charge in [-0.25, -0.2) is 18.2 Å². The topological polar surface area (TPSA) is 115 Å². The summed E-state index contributed by atoms with van der Waals surface area (Å²) in [6.45, 7) is 2.47. The highest BCUT2D eigenvalue weighted by Gasteiger charge is 2.27. The lowest BCUT2D eigenvalue weighted by molar-refractivity contribution is -0.119. The van der Waals surface area contributed by atoms with Gasteiger partial charge in [-0.3, -0.25) is 4.79 Å². The number of hydrogen-bond acceptors (Lipinski definition) is 8. The Morgan fingerprint density at radius 1 is 1.26 bits per heavy atom. The van der Waals surface area contributed by atoms with Crippen LogP contribution in [-0.4, -0.2) is 68.7 Å². The summed E-state index contributed by atoms with van der Waals surface area (Å²) in [6.07, 6.45) is 3.35. The minimum Gasteiger partial charge on any atom is -0.452 e. The van der Waals surface area contributed by atoms with Crippen LogP contribution in [0.15, 0.2) is 46.5 Å². The summed E-state index contributed by atoms with van der Waals surface area (Å²) in [7, 11) is -3.70. The Kier molecular flexibility index (Phi) is 7.65. The molecule has 9 nitrogen and oxygen atoms in total. The predicted molar refractivity (Wildman–Crippen MR) is 116 cm³/mol. The van der Waals surface area contributed by atoms with E-state index >= 15 is 0 Å². The monoisotopic (exact) mass is 465 g/mol. The summed E-state index contributed by atoms with van der Waals surface area (Å²) in [4.78, 5) is 28.8. The van der Waals surface area contributed by atoms with Crippen molar-refractivity contribution in [3.8, 4) is 0 Å². The number of anilines is 1. The number of aryl methyl sites for hydroxylation is 1. The summed E-state index contributed by atoms with van der Waals surface area (Å²) in [5.74, 6) is -1.24. The van der Waals surface area contributed by atoms with Gasteiger partial charge < -0.3 is 14.8 Å². The number of nitrogens with one attached hydrogen (secondary N) is 1. The molecule has 1 amide bonds. The number of benzene rings is 1. The molecule has 1 N–H and O–H groups in total. The molecule has 2 heterocycles. The molecule has 0 radical (unpaired) electrons. The third-order valence-electron chi connectivity index (χ3n) is 4.61. The van der Waals surface area contributed by atoms with Gasteiger partial charge in [-0.05, 0) is 43.0 Å². The lowest BCUT2D eigenvalue weighted by Crippen LogP contribution is -2.40. The van der Waals surface area contributed by atoms with Gasteiger partial charge in [-0.15, -0.1) is 11.8 Å². The fourth-order valence-electron chi connectivity index (χ4n) is 2.94. The van der Waals surface area contributed by atoms with Gasteiger partial charge in [0.25, 0.3) is 5.91 Å². The number of carbonyl (C=O) groups excluding carboxylic acids is 2. The van der Waals surface area contributed by atoms with Gasteiger partial charge >= 0.3 is 5.97 Å². The maximum atomic E-state index is 12.8. The number of aromatic nitrogens is 1. The van der Waals surface area contributed by atoms with Gasteiger partial charge in [0.15, 0.2) is 6.61 Å². The highest BCUT2D eigenvalue weighted by molar-refractivity contribution is 7.98. The maximum Gasteiger partial charge on any atom is 0.341 e. The molecule has 1 aliphatic heterocycles. The van der Waals surface area contributed by atoms with E-state index in [1.165, 1.54) is 28.2 Å². The van der Waals surface area contributed by atoms with Crippen molar-refractivity contribution in [3.63, 3.8) is 0 Å². The Balaban J connectivity index is 1.67. The van der Waals surface area contributed by atoms with Crippen LogP contribution in [0.4, 0.5) is 5.69 Å². The minimum absolute atomic E-state index is 0.0762. The molecule has 166 valence electrons. The second-order valence-corrected chi connectivity index (χ2v) is 9.41. The van der Waals surface area contributed by atoms with Crippen molar-refractivity contribution in [2.24, 2.45) is 0 Å². The summed E-state index contributed by atoms with van der Waals surface area (Å²) < 4.78 is 37.4. The van der Waals surface area contributed by atoms with Crippen LogP contribution in [0.5, 0.6) is 0 Å². The van der Waals surface area contributed by atoms with Crippen molar-refractivity contribution in [2.75, 3.05) is 44.5 Å². The highest BCUT2D eigenvalue weighted by Crippen LogP contribution is 2.24. The van der Waals surface area contributed by atoms with Crippen LogP contribution in [0.25, 0.3) is 0 Å². The summed E-state index contributed by atoms with van der Waals surface area (Å²) in [5, 5.41) is 3.12. The number of ether oxygens (including phenoxy) is 2. The average molecular weight is 466 g/mol. The second-order valence-electron chi connectivity index (χ2n) is 6.68. The van der Waals surface area contributed by atoms with E-state index in [2.05, 4.69) is 10.3 Å². The van der Waals surface area contributed by atoms with E-state index in [9.17, 15) is 18.0 Å². The van der Waals surface area contributed by atoms with E-state index in [0.717, 1.165) is 0 Å². The van der Waals surface area contributed by atoms with Crippen LogP contribution in [0.3, 0.4) is 0 Å². The molecule has 1 fully saturated rings. The Hall–Kier alpha value is -2.47. The largest absolute Gasteiger partial charge is 0.452 e. The lowest BCUT2D eigenvalue weighted by Gasteiger charge is -2.26. The zero-order chi connectivity index (χ0) is 22.4. The standard InChI is InChI=1S/C20H23N3O6S2/c1-14-5-6-15(31(26,27)23-8-10-28-11-9-23)12-17(14)22-18(24)13-29-20(25)16-4-3-7-21-19(16)30-2/h3-7,12H,8-11,13H2,1-2H3,(H,22,24). The third-order valence-corrected chi connectivity index (χ3v) is 7.22. The van der Waals surface area contributed by atoms with Crippen molar-refractivity contribution in [3.05, 3.63) is 47.7 Å². The van der Waals surface area contributed by atoms with E-state index in [1.807, 2.05) is 0 Å². The normalized spacial score (nSPS) is 14.8. The average Bonchev–Trinajstić information content (AvgIpc) is 2.79. The fraction of sp³-hybridized carbons (Fsp3) is 0.350. The number of thioether (sulfide) groups is 1. The molecule has 11 heteroatoms. The summed E-state index contributed by atoms with van der Waals surface area (Å²) in [6, 6.07) is 7.72. The number of carbonyl (C=O) groups is 2. The molecular formula is C20H23N3O6S2. The molecular weight excluding hydrogens is 442 g/mol. The van der Waals surface area contributed by atoms with Gasteiger partial charge in [0.2, 0.25) is 10.0 Å². The molecule has 0 spiro atoms. The number of amides is 1. The van der Waals surface area contributed by atoms with E-state index in [4.69, 9.17) is 9.47 Å². The lowest BCUT2D eigenvalue weighted by atomic mass is 10.2. The number of rotatable bonds is 7. The number of sulfonamides is 1.